The molecule has 2 aromatic rings. The zero-order valence-electron chi connectivity index (χ0n) is 11.6. The molecule has 20 heavy (non-hydrogen) atoms. The summed E-state index contributed by atoms with van der Waals surface area (Å²) in [5.74, 6) is 0.0185. The van der Waals surface area contributed by atoms with E-state index >= 15 is 0 Å². The summed E-state index contributed by atoms with van der Waals surface area (Å²) in [6.45, 7) is 2.35. The molecule has 1 aliphatic rings. The average Bonchev–Trinajstić information content (AvgIpc) is 2.89. The first-order valence-electron chi connectivity index (χ1n) is 6.95. The average molecular weight is 269 g/mol. The van der Waals surface area contributed by atoms with E-state index in [1.807, 2.05) is 42.1 Å². The van der Waals surface area contributed by atoms with Crippen molar-refractivity contribution in [2.75, 3.05) is 6.54 Å². The van der Waals surface area contributed by atoms with Crippen LogP contribution in [-0.4, -0.2) is 17.0 Å². The van der Waals surface area contributed by atoms with E-state index in [0.717, 1.165) is 30.8 Å². The summed E-state index contributed by atoms with van der Waals surface area (Å²) in [6, 6.07) is 9.98. The first-order chi connectivity index (χ1) is 9.75. The van der Waals surface area contributed by atoms with Gasteiger partial charge in [-0.15, -0.1) is 0 Å². The maximum Gasteiger partial charge on any atom is 0.251 e. The van der Waals surface area contributed by atoms with Gasteiger partial charge in [0.2, 0.25) is 0 Å². The molecule has 1 aromatic carbocycles. The van der Waals surface area contributed by atoms with Gasteiger partial charge >= 0.3 is 0 Å². The monoisotopic (exact) mass is 269 g/mol. The Balaban J connectivity index is 1.76. The number of rotatable bonds is 3. The second-order valence-electron chi connectivity index (χ2n) is 5.16. The highest BCUT2D eigenvalue weighted by Gasteiger charge is 2.17. The first-order valence-corrected chi connectivity index (χ1v) is 6.95. The van der Waals surface area contributed by atoms with Gasteiger partial charge < -0.3 is 15.2 Å². The predicted molar refractivity (Wildman–Crippen MR) is 78.4 cm³/mol. The first kappa shape index (κ1) is 12.9. The van der Waals surface area contributed by atoms with Crippen molar-refractivity contribution in [3.05, 3.63) is 58.9 Å². The fourth-order valence-corrected chi connectivity index (χ4v) is 2.69. The molecule has 1 aliphatic heterocycles. The lowest BCUT2D eigenvalue weighted by atomic mass is 9.95. The number of hydrogen-bond acceptors (Lipinski definition) is 2. The number of fused-ring (bicyclic) bond motifs is 1. The van der Waals surface area contributed by atoms with E-state index < -0.39 is 0 Å². The molecule has 0 saturated carbocycles. The van der Waals surface area contributed by atoms with Gasteiger partial charge in [0.25, 0.3) is 5.91 Å². The molecule has 104 valence electrons. The minimum Gasteiger partial charge on any atom is -0.353 e. The zero-order chi connectivity index (χ0) is 13.9. The number of aromatic nitrogens is 1. The third-order valence-electron chi connectivity index (χ3n) is 3.87. The van der Waals surface area contributed by atoms with Crippen molar-refractivity contribution in [1.29, 1.82) is 0 Å². The Morgan fingerprint density at radius 1 is 1.35 bits per heavy atom. The minimum atomic E-state index is 0.0185. The molecule has 4 nitrogen and oxygen atoms in total. The minimum absolute atomic E-state index is 0.0185. The zero-order valence-corrected chi connectivity index (χ0v) is 11.6. The van der Waals surface area contributed by atoms with Gasteiger partial charge in [-0.25, -0.2) is 0 Å². The van der Waals surface area contributed by atoms with E-state index in [0.29, 0.717) is 6.54 Å². The van der Waals surface area contributed by atoms with Crippen LogP contribution in [0.3, 0.4) is 0 Å². The SMILES string of the molecule is Cn1cccc1CNC(=O)c1cccc2c1CCNC2. The Morgan fingerprint density at radius 3 is 3.05 bits per heavy atom. The number of carbonyl (C=O) groups excluding carboxylic acids is 1. The quantitative estimate of drug-likeness (QED) is 0.889. The third-order valence-corrected chi connectivity index (χ3v) is 3.87. The van der Waals surface area contributed by atoms with Crippen molar-refractivity contribution >= 4 is 5.91 Å². The van der Waals surface area contributed by atoms with Crippen LogP contribution in [0.2, 0.25) is 0 Å². The summed E-state index contributed by atoms with van der Waals surface area (Å²) in [4.78, 5) is 12.4. The smallest absolute Gasteiger partial charge is 0.251 e. The van der Waals surface area contributed by atoms with E-state index in [9.17, 15) is 4.79 Å². The molecule has 0 saturated heterocycles. The molecule has 4 heteroatoms. The highest BCUT2D eigenvalue weighted by molar-refractivity contribution is 5.96. The van der Waals surface area contributed by atoms with Crippen molar-refractivity contribution in [2.24, 2.45) is 7.05 Å². The van der Waals surface area contributed by atoms with Gasteiger partial charge in [0.15, 0.2) is 0 Å². The van der Waals surface area contributed by atoms with Crippen molar-refractivity contribution in [1.82, 2.24) is 15.2 Å². The number of benzene rings is 1. The molecule has 1 aromatic heterocycles. The molecule has 0 aliphatic carbocycles. The third kappa shape index (κ3) is 2.47. The normalized spacial score (nSPS) is 13.8. The number of nitrogens with zero attached hydrogens (tertiary/aromatic N) is 1. The molecule has 2 heterocycles. The van der Waals surface area contributed by atoms with Gasteiger partial charge in [0.1, 0.15) is 0 Å². The number of hydrogen-bond donors (Lipinski definition) is 2. The van der Waals surface area contributed by atoms with Crippen LogP contribution >= 0.6 is 0 Å². The molecule has 0 bridgehead atoms. The standard InChI is InChI=1S/C16H19N3O/c1-19-9-3-5-13(19)11-18-16(20)15-6-2-4-12-10-17-8-7-14(12)15/h2-6,9,17H,7-8,10-11H2,1H3,(H,18,20). The molecule has 0 radical (unpaired) electrons. The summed E-state index contributed by atoms with van der Waals surface area (Å²) in [5, 5.41) is 6.35. The summed E-state index contributed by atoms with van der Waals surface area (Å²) in [7, 11) is 1.98. The number of aryl methyl sites for hydroxylation is 1. The Hall–Kier alpha value is -2.07. The van der Waals surface area contributed by atoms with Crippen LogP contribution < -0.4 is 10.6 Å². The van der Waals surface area contributed by atoms with Crippen LogP contribution in [0.25, 0.3) is 0 Å². The Labute approximate surface area is 118 Å². The van der Waals surface area contributed by atoms with Crippen LogP contribution in [0.4, 0.5) is 0 Å². The Morgan fingerprint density at radius 2 is 2.25 bits per heavy atom. The number of nitrogens with one attached hydrogen (secondary N) is 2. The highest BCUT2D eigenvalue weighted by Crippen LogP contribution is 2.18. The van der Waals surface area contributed by atoms with Gasteiger partial charge in [-0.3, -0.25) is 4.79 Å². The van der Waals surface area contributed by atoms with Crippen LogP contribution in [-0.2, 0) is 26.6 Å². The van der Waals surface area contributed by atoms with Crippen LogP contribution in [0.5, 0.6) is 0 Å². The summed E-state index contributed by atoms with van der Waals surface area (Å²) in [6.07, 6.45) is 2.90. The van der Waals surface area contributed by atoms with E-state index in [1.54, 1.807) is 0 Å². The number of carbonyl (C=O) groups is 1. The fraction of sp³-hybridized carbons (Fsp3) is 0.312. The topological polar surface area (TPSA) is 46.1 Å². The summed E-state index contributed by atoms with van der Waals surface area (Å²) < 4.78 is 2.02. The summed E-state index contributed by atoms with van der Waals surface area (Å²) in [5.41, 5.74) is 4.35. The van der Waals surface area contributed by atoms with E-state index in [-0.39, 0.29) is 5.91 Å². The molecule has 0 fully saturated rings. The van der Waals surface area contributed by atoms with Gasteiger partial charge in [-0.1, -0.05) is 12.1 Å². The van der Waals surface area contributed by atoms with Crippen LogP contribution in [0, 0.1) is 0 Å². The van der Waals surface area contributed by atoms with Crippen molar-refractivity contribution in [2.45, 2.75) is 19.5 Å². The van der Waals surface area contributed by atoms with E-state index in [4.69, 9.17) is 0 Å². The second kappa shape index (κ2) is 5.51. The lowest BCUT2D eigenvalue weighted by Gasteiger charge is -2.20. The maximum atomic E-state index is 12.4. The summed E-state index contributed by atoms with van der Waals surface area (Å²) >= 11 is 0. The molecule has 3 rings (SSSR count). The lowest BCUT2D eigenvalue weighted by Crippen LogP contribution is -2.29. The van der Waals surface area contributed by atoms with E-state index in [1.165, 1.54) is 11.1 Å². The number of amides is 1. The van der Waals surface area contributed by atoms with E-state index in [2.05, 4.69) is 16.7 Å². The van der Waals surface area contributed by atoms with Crippen molar-refractivity contribution < 1.29 is 4.79 Å². The highest BCUT2D eigenvalue weighted by atomic mass is 16.1. The Bertz CT molecular complexity index is 630. The van der Waals surface area contributed by atoms with Gasteiger partial charge in [0, 0.05) is 31.0 Å². The molecule has 0 spiro atoms. The molecule has 0 atom stereocenters. The second-order valence-corrected chi connectivity index (χ2v) is 5.16. The lowest BCUT2D eigenvalue weighted by molar-refractivity contribution is 0.0949. The molecular formula is C16H19N3O. The van der Waals surface area contributed by atoms with Gasteiger partial charge in [-0.2, -0.15) is 0 Å². The fourth-order valence-electron chi connectivity index (χ4n) is 2.69. The van der Waals surface area contributed by atoms with Gasteiger partial charge in [-0.05, 0) is 42.3 Å². The van der Waals surface area contributed by atoms with Crippen LogP contribution in [0.1, 0.15) is 27.2 Å². The largest absolute Gasteiger partial charge is 0.353 e. The molecular weight excluding hydrogens is 250 g/mol. The molecule has 0 unspecified atom stereocenters. The predicted octanol–water partition coefficient (Wildman–Crippen LogP) is 1.60. The van der Waals surface area contributed by atoms with Crippen LogP contribution in [0.15, 0.2) is 36.5 Å². The molecule has 1 amide bonds. The Kier molecular flexibility index (Phi) is 3.56. The molecule has 2 N–H and O–H groups in total. The van der Waals surface area contributed by atoms with Crippen molar-refractivity contribution in [3.8, 4) is 0 Å². The van der Waals surface area contributed by atoms with Gasteiger partial charge in [0.05, 0.1) is 6.54 Å². The maximum absolute atomic E-state index is 12.4. The van der Waals surface area contributed by atoms with Crippen molar-refractivity contribution in [3.63, 3.8) is 0 Å².